The first-order chi connectivity index (χ1) is 36.2. The molecule has 6 heterocycles. The summed E-state index contributed by atoms with van der Waals surface area (Å²) in [5.74, 6) is 0. The van der Waals surface area contributed by atoms with E-state index in [9.17, 15) is 0 Å². The molecule has 7 aromatic carbocycles. The summed E-state index contributed by atoms with van der Waals surface area (Å²) in [5.41, 5.74) is 20.7. The number of para-hydroxylation sites is 1. The van der Waals surface area contributed by atoms with Crippen molar-refractivity contribution < 1.29 is 24.5 Å². The Morgan fingerprint density at radius 2 is 0.730 bits per heavy atom. The van der Waals surface area contributed by atoms with Crippen LogP contribution in [0, 0.1) is 18.2 Å². The minimum absolute atomic E-state index is 0. The van der Waals surface area contributed by atoms with Crippen molar-refractivity contribution in [3.63, 3.8) is 0 Å². The van der Waals surface area contributed by atoms with Gasteiger partial charge >= 0.3 is 20.1 Å². The van der Waals surface area contributed by atoms with Crippen LogP contribution in [0.25, 0.3) is 134 Å². The normalized spacial score (nSPS) is 11.1. The Bertz CT molecular complexity index is 3980. The van der Waals surface area contributed by atoms with Gasteiger partial charge in [0.05, 0.1) is 0 Å². The molecule has 0 amide bonds. The number of hydrogen-bond acceptors (Lipinski definition) is 6. The molecule has 0 saturated heterocycles. The van der Waals surface area contributed by atoms with Crippen LogP contribution in [0.4, 0.5) is 0 Å². The van der Waals surface area contributed by atoms with Crippen LogP contribution in [-0.2, 0) is 20.1 Å². The zero-order chi connectivity index (χ0) is 48.5. The zero-order valence-electron chi connectivity index (χ0n) is 39.6. The van der Waals surface area contributed by atoms with E-state index < -0.39 is 0 Å². The number of aromatic nitrogens is 5. The smallest absolute Gasteiger partial charge is 0.456 e. The van der Waals surface area contributed by atoms with E-state index in [0.717, 1.165) is 134 Å². The van der Waals surface area contributed by atoms with Gasteiger partial charge in [0, 0.05) is 29.4 Å². The van der Waals surface area contributed by atoms with Crippen LogP contribution in [0.1, 0.15) is 0 Å². The monoisotopic (exact) mass is 1120 g/mol. The summed E-state index contributed by atoms with van der Waals surface area (Å²) in [6.07, 6.45) is 9.11. The molecule has 348 valence electrons. The van der Waals surface area contributed by atoms with Gasteiger partial charge in [0.2, 0.25) is 0 Å². The van der Waals surface area contributed by atoms with Crippen LogP contribution >= 0.6 is 0 Å². The molecule has 0 unspecified atom stereocenters. The number of nitrogens with zero attached hydrogens (tertiary/aromatic N) is 5. The molecule has 0 aliphatic heterocycles. The third-order valence-electron chi connectivity index (χ3n) is 13.3. The van der Waals surface area contributed by atoms with Gasteiger partial charge in [0.15, 0.2) is 0 Å². The fraction of sp³-hybridized carbons (Fsp3) is 0. The van der Waals surface area contributed by atoms with E-state index in [1.165, 1.54) is 0 Å². The van der Waals surface area contributed by atoms with E-state index in [0.29, 0.717) is 0 Å². The number of rotatable bonds is 10. The molecule has 7 heteroatoms. The molecular weight excluding hydrogens is 1080 g/mol. The molecular formula is C67H40IrN5O. The Hall–Kier alpha value is -9.26. The molecule has 0 fully saturated rings. The predicted octanol–water partition coefficient (Wildman–Crippen LogP) is 16.6. The van der Waals surface area contributed by atoms with E-state index in [4.69, 9.17) is 19.4 Å². The predicted molar refractivity (Wildman–Crippen MR) is 294 cm³/mol. The van der Waals surface area contributed by atoms with E-state index >= 15 is 0 Å². The second-order valence-electron chi connectivity index (χ2n) is 17.7. The Kier molecular flexibility index (Phi) is 12.5. The summed E-state index contributed by atoms with van der Waals surface area (Å²) in [4.78, 5) is 23.9. The topological polar surface area (TPSA) is 77.6 Å². The summed E-state index contributed by atoms with van der Waals surface area (Å²) in [6, 6.07) is 83.7. The number of benzene rings is 7. The van der Waals surface area contributed by atoms with E-state index in [1.807, 2.05) is 97.5 Å². The molecule has 0 aliphatic carbocycles. The first-order valence-electron chi connectivity index (χ1n) is 24.1. The van der Waals surface area contributed by atoms with Crippen molar-refractivity contribution >= 4 is 21.9 Å². The van der Waals surface area contributed by atoms with Crippen molar-refractivity contribution in [3.05, 3.63) is 262 Å². The Balaban J connectivity index is 0.00000556. The van der Waals surface area contributed by atoms with Crippen molar-refractivity contribution in [3.8, 4) is 112 Å². The Labute approximate surface area is 442 Å². The minimum Gasteiger partial charge on any atom is -0.456 e. The molecule has 13 rings (SSSR count). The molecule has 0 spiro atoms. The zero-order valence-corrected chi connectivity index (χ0v) is 42.0. The fourth-order valence-electron chi connectivity index (χ4n) is 9.91. The van der Waals surface area contributed by atoms with Gasteiger partial charge in [-0.25, -0.2) is 0 Å². The maximum atomic E-state index is 6.48. The van der Waals surface area contributed by atoms with Crippen LogP contribution in [0.3, 0.4) is 0 Å². The first-order valence-corrected chi connectivity index (χ1v) is 24.1. The average molecular weight is 1120 g/mol. The van der Waals surface area contributed by atoms with Gasteiger partial charge in [-0.2, -0.15) is 0 Å². The van der Waals surface area contributed by atoms with Gasteiger partial charge in [-0.05, 0) is 127 Å². The molecule has 6 aromatic heterocycles. The van der Waals surface area contributed by atoms with Crippen molar-refractivity contribution in [2.45, 2.75) is 0 Å². The second kappa shape index (κ2) is 20.1. The molecule has 0 N–H and O–H groups in total. The maximum absolute atomic E-state index is 6.48. The standard InChI is InChI=1S/C67H40N5O.Ir/c1-4-19-53(54-32-29-44(60-24-9-12-35-68-60)41-59(54)57-23-15-28-66-67(57)58-22-7-8-27-65(58)73-66)50(16-1)47-38-48(51-17-2-5-20-55(51)63-33-30-45(42-71-63)61-25-10-13-36-69-61)40-49(39-47)52-18-3-6-21-56(52)64-34-31-46(43-72-64)62-26-11-14-37-70-62;/h1-28,32-43H;/q-3;+3. The third kappa shape index (κ3) is 8.71. The van der Waals surface area contributed by atoms with Gasteiger partial charge in [0.25, 0.3) is 0 Å². The number of hydrogen-bond donors (Lipinski definition) is 0. The van der Waals surface area contributed by atoms with Gasteiger partial charge in [-0.1, -0.05) is 169 Å². The second-order valence-corrected chi connectivity index (χ2v) is 17.7. The summed E-state index contributed by atoms with van der Waals surface area (Å²) >= 11 is 0. The van der Waals surface area contributed by atoms with Gasteiger partial charge in [-0.3, -0.25) is 0 Å². The molecule has 74 heavy (non-hydrogen) atoms. The minimum atomic E-state index is 0. The third-order valence-corrected chi connectivity index (χ3v) is 13.3. The number of pyridine rings is 5. The fourth-order valence-corrected chi connectivity index (χ4v) is 9.91. The summed E-state index contributed by atoms with van der Waals surface area (Å²) < 4.78 is 6.48. The maximum Gasteiger partial charge on any atom is 3.00 e. The number of furan rings is 1. The van der Waals surface area contributed by atoms with Crippen molar-refractivity contribution in [1.29, 1.82) is 0 Å². The SMILES string of the molecule is [Ir+3].[c-]1cc(-c2ccccc2-c2cc(-c3ccccc3-c3c[c-]c(-c4ccccn4)cn3)cc(-c3ccccc3-c3c[c-]c(-c4ccccn4)cc3-c3cccc4oc5ccccc5c34)c2)ncc1-c1ccccn1. The molecule has 13 aromatic rings. The van der Waals surface area contributed by atoms with Crippen LogP contribution in [0.2, 0.25) is 0 Å². The van der Waals surface area contributed by atoms with Gasteiger partial charge < -0.3 is 29.3 Å². The summed E-state index contributed by atoms with van der Waals surface area (Å²) in [6.45, 7) is 0. The van der Waals surface area contributed by atoms with Crippen molar-refractivity contribution in [1.82, 2.24) is 24.9 Å². The van der Waals surface area contributed by atoms with Crippen LogP contribution < -0.4 is 0 Å². The molecule has 6 nitrogen and oxygen atoms in total. The number of fused-ring (bicyclic) bond motifs is 3. The van der Waals surface area contributed by atoms with Crippen LogP contribution in [0.5, 0.6) is 0 Å². The van der Waals surface area contributed by atoms with Crippen molar-refractivity contribution in [2.75, 3.05) is 0 Å². The average Bonchev–Trinajstić information content (AvgIpc) is 3.87. The van der Waals surface area contributed by atoms with E-state index in [2.05, 4.69) is 162 Å². The van der Waals surface area contributed by atoms with Crippen LogP contribution in [-0.4, -0.2) is 24.9 Å². The molecule has 0 bridgehead atoms. The largest absolute Gasteiger partial charge is 3.00 e. The summed E-state index contributed by atoms with van der Waals surface area (Å²) in [5, 5.41) is 2.12. The van der Waals surface area contributed by atoms with Crippen molar-refractivity contribution in [2.24, 2.45) is 0 Å². The quantitative estimate of drug-likeness (QED) is 0.127. The Morgan fingerprint density at radius 3 is 1.24 bits per heavy atom. The molecule has 0 aliphatic rings. The van der Waals surface area contributed by atoms with E-state index in [1.54, 1.807) is 12.4 Å². The molecule has 0 atom stereocenters. The molecule has 0 radical (unpaired) electrons. The van der Waals surface area contributed by atoms with Gasteiger partial charge in [-0.15, -0.1) is 59.2 Å². The summed E-state index contributed by atoms with van der Waals surface area (Å²) in [7, 11) is 0. The van der Waals surface area contributed by atoms with Crippen LogP contribution in [0.15, 0.2) is 248 Å². The van der Waals surface area contributed by atoms with E-state index in [-0.39, 0.29) is 20.1 Å². The Morgan fingerprint density at radius 1 is 0.297 bits per heavy atom. The first kappa shape index (κ1) is 45.9. The van der Waals surface area contributed by atoms with Gasteiger partial charge in [0.1, 0.15) is 11.2 Å². The molecule has 0 saturated carbocycles.